The molecule has 0 unspecified atom stereocenters. The lowest BCUT2D eigenvalue weighted by Gasteiger charge is -2.02. The highest BCUT2D eigenvalue weighted by Crippen LogP contribution is 2.15. The molecule has 0 radical (unpaired) electrons. The molecule has 17 heavy (non-hydrogen) atoms. The van der Waals surface area contributed by atoms with Gasteiger partial charge in [0.15, 0.2) is 0 Å². The molecule has 1 aromatic rings. The number of allylic oxidation sites excluding steroid dienone is 1. The molecule has 0 aliphatic heterocycles. The fourth-order valence-electron chi connectivity index (χ4n) is 1.31. The molecule has 0 amide bonds. The molecule has 0 aliphatic carbocycles. The van der Waals surface area contributed by atoms with Gasteiger partial charge in [-0.3, -0.25) is 4.79 Å². The number of carbonyl (C=O) groups is 2. The molecule has 0 bridgehead atoms. The quantitative estimate of drug-likeness (QED) is 0.812. The van der Waals surface area contributed by atoms with E-state index in [1.54, 1.807) is 18.2 Å². The highest BCUT2D eigenvalue weighted by Gasteiger charge is 2.03. The molecule has 4 heteroatoms. The topological polar surface area (TPSA) is 63.6 Å². The number of rotatable bonds is 4. The minimum absolute atomic E-state index is 0.211. The summed E-state index contributed by atoms with van der Waals surface area (Å²) in [6.45, 7) is 1.86. The molecule has 0 spiro atoms. The Labute approximate surface area is 99.5 Å². The van der Waals surface area contributed by atoms with Gasteiger partial charge in [0.1, 0.15) is 0 Å². The van der Waals surface area contributed by atoms with Gasteiger partial charge in [0.25, 0.3) is 0 Å². The van der Waals surface area contributed by atoms with Gasteiger partial charge in [-0.05, 0) is 30.2 Å². The van der Waals surface area contributed by atoms with Crippen LogP contribution >= 0.6 is 0 Å². The summed E-state index contributed by atoms with van der Waals surface area (Å²) in [5, 5.41) is 8.75. The van der Waals surface area contributed by atoms with E-state index in [9.17, 15) is 9.59 Å². The predicted molar refractivity (Wildman–Crippen MR) is 63.7 cm³/mol. The maximum atomic E-state index is 10.9. The molecule has 0 aromatic heterocycles. The Kier molecular flexibility index (Phi) is 4.46. The number of ether oxygens (including phenoxy) is 1. The number of carbonyl (C=O) groups excluding carboxylic acids is 1. The van der Waals surface area contributed by atoms with Crippen molar-refractivity contribution in [3.8, 4) is 0 Å². The third-order valence-electron chi connectivity index (χ3n) is 2.39. The Hall–Kier alpha value is -2.10. The average molecular weight is 234 g/mol. The van der Waals surface area contributed by atoms with Gasteiger partial charge < -0.3 is 9.84 Å². The van der Waals surface area contributed by atoms with Crippen LogP contribution in [0.5, 0.6) is 0 Å². The van der Waals surface area contributed by atoms with Crippen molar-refractivity contribution in [3.05, 3.63) is 41.5 Å². The van der Waals surface area contributed by atoms with E-state index >= 15 is 0 Å². The van der Waals surface area contributed by atoms with Gasteiger partial charge in [-0.15, -0.1) is 0 Å². The first-order valence-electron chi connectivity index (χ1n) is 5.12. The molecule has 0 atom stereocenters. The SMILES string of the molecule is COC(=O)C/C=C(\C)c1ccc(C(=O)O)cc1. The monoisotopic (exact) mass is 234 g/mol. The van der Waals surface area contributed by atoms with Crippen LogP contribution in [0.1, 0.15) is 29.3 Å². The summed E-state index contributed by atoms with van der Waals surface area (Å²) in [6, 6.07) is 6.50. The molecule has 1 aromatic carbocycles. The lowest BCUT2D eigenvalue weighted by molar-refractivity contribution is -0.139. The molecule has 0 fully saturated rings. The van der Waals surface area contributed by atoms with Crippen molar-refractivity contribution in [1.29, 1.82) is 0 Å². The van der Waals surface area contributed by atoms with Gasteiger partial charge in [-0.1, -0.05) is 18.2 Å². The number of benzene rings is 1. The van der Waals surface area contributed by atoms with Crippen LogP contribution in [-0.4, -0.2) is 24.2 Å². The third kappa shape index (κ3) is 3.75. The number of esters is 1. The zero-order chi connectivity index (χ0) is 12.8. The van der Waals surface area contributed by atoms with E-state index in [2.05, 4.69) is 4.74 Å². The van der Waals surface area contributed by atoms with Crippen molar-refractivity contribution in [2.45, 2.75) is 13.3 Å². The molecule has 1 N–H and O–H groups in total. The summed E-state index contributed by atoms with van der Waals surface area (Å²) in [5.41, 5.74) is 2.04. The van der Waals surface area contributed by atoms with Crippen molar-refractivity contribution < 1.29 is 19.4 Å². The van der Waals surface area contributed by atoms with Crippen LogP contribution < -0.4 is 0 Å². The number of hydrogen-bond acceptors (Lipinski definition) is 3. The molecule has 0 saturated carbocycles. The van der Waals surface area contributed by atoms with Gasteiger partial charge in [0.05, 0.1) is 19.1 Å². The molecular formula is C13H14O4. The number of methoxy groups -OCH3 is 1. The summed E-state index contributed by atoms with van der Waals surface area (Å²) in [6.07, 6.45) is 1.96. The van der Waals surface area contributed by atoms with E-state index in [4.69, 9.17) is 5.11 Å². The van der Waals surface area contributed by atoms with Crippen molar-refractivity contribution in [3.63, 3.8) is 0 Å². The maximum Gasteiger partial charge on any atom is 0.335 e. The standard InChI is InChI=1S/C13H14O4/c1-9(3-8-12(14)17-2)10-4-6-11(7-5-10)13(15)16/h3-7H,8H2,1-2H3,(H,15,16)/b9-3+. The lowest BCUT2D eigenvalue weighted by atomic mass is 10.0. The van der Waals surface area contributed by atoms with Crippen LogP contribution in [0.3, 0.4) is 0 Å². The number of carboxylic acid groups (broad SMARTS) is 1. The normalized spacial score (nSPS) is 11.1. The molecule has 1 rings (SSSR count). The summed E-state index contributed by atoms with van der Waals surface area (Å²) < 4.78 is 4.53. The van der Waals surface area contributed by atoms with Crippen LogP contribution in [0.2, 0.25) is 0 Å². The number of hydrogen-bond donors (Lipinski definition) is 1. The van der Waals surface area contributed by atoms with Gasteiger partial charge >= 0.3 is 11.9 Å². The Morgan fingerprint density at radius 2 is 1.76 bits per heavy atom. The molecular weight excluding hydrogens is 220 g/mol. The van der Waals surface area contributed by atoms with E-state index in [0.717, 1.165) is 11.1 Å². The molecule has 0 heterocycles. The lowest BCUT2D eigenvalue weighted by Crippen LogP contribution is -1.98. The second kappa shape index (κ2) is 5.84. The van der Waals surface area contributed by atoms with E-state index in [0.29, 0.717) is 0 Å². The van der Waals surface area contributed by atoms with Crippen LogP contribution in [-0.2, 0) is 9.53 Å². The number of carboxylic acids is 1. The third-order valence-corrected chi connectivity index (χ3v) is 2.39. The van der Waals surface area contributed by atoms with Gasteiger partial charge in [0, 0.05) is 0 Å². The van der Waals surface area contributed by atoms with Crippen LogP contribution in [0.15, 0.2) is 30.3 Å². The van der Waals surface area contributed by atoms with Crippen molar-refractivity contribution in [1.82, 2.24) is 0 Å². The first kappa shape index (κ1) is 13.0. The molecule has 0 aliphatic rings. The fraction of sp³-hybridized carbons (Fsp3) is 0.231. The molecule has 0 saturated heterocycles. The summed E-state index contributed by atoms with van der Waals surface area (Å²) >= 11 is 0. The van der Waals surface area contributed by atoms with Gasteiger partial charge in [-0.25, -0.2) is 4.79 Å². The van der Waals surface area contributed by atoms with Gasteiger partial charge in [0.2, 0.25) is 0 Å². The second-order valence-electron chi connectivity index (χ2n) is 3.55. The largest absolute Gasteiger partial charge is 0.478 e. The fourth-order valence-corrected chi connectivity index (χ4v) is 1.31. The summed E-state index contributed by atoms with van der Waals surface area (Å²) in [5.74, 6) is -1.25. The van der Waals surface area contributed by atoms with Gasteiger partial charge in [-0.2, -0.15) is 0 Å². The van der Waals surface area contributed by atoms with Crippen molar-refractivity contribution in [2.24, 2.45) is 0 Å². The average Bonchev–Trinajstić information content (AvgIpc) is 2.35. The number of aromatic carboxylic acids is 1. The summed E-state index contributed by atoms with van der Waals surface area (Å²) in [4.78, 5) is 21.6. The Morgan fingerprint density at radius 3 is 2.24 bits per heavy atom. The van der Waals surface area contributed by atoms with E-state index in [1.807, 2.05) is 6.92 Å². The Morgan fingerprint density at radius 1 is 1.24 bits per heavy atom. The van der Waals surface area contributed by atoms with E-state index < -0.39 is 5.97 Å². The second-order valence-corrected chi connectivity index (χ2v) is 3.55. The highest BCUT2D eigenvalue weighted by atomic mass is 16.5. The van der Waals surface area contributed by atoms with Crippen LogP contribution in [0, 0.1) is 0 Å². The maximum absolute atomic E-state index is 10.9. The molecule has 4 nitrogen and oxygen atoms in total. The van der Waals surface area contributed by atoms with Crippen LogP contribution in [0.25, 0.3) is 5.57 Å². The Balaban J connectivity index is 2.79. The van der Waals surface area contributed by atoms with E-state index in [-0.39, 0.29) is 18.0 Å². The smallest absolute Gasteiger partial charge is 0.335 e. The van der Waals surface area contributed by atoms with Crippen LogP contribution in [0.4, 0.5) is 0 Å². The minimum Gasteiger partial charge on any atom is -0.478 e. The first-order valence-corrected chi connectivity index (χ1v) is 5.12. The van der Waals surface area contributed by atoms with E-state index in [1.165, 1.54) is 19.2 Å². The highest BCUT2D eigenvalue weighted by molar-refractivity contribution is 5.88. The molecule has 90 valence electrons. The zero-order valence-corrected chi connectivity index (χ0v) is 9.77. The van der Waals surface area contributed by atoms with Crippen molar-refractivity contribution in [2.75, 3.05) is 7.11 Å². The minimum atomic E-state index is -0.951. The Bertz CT molecular complexity index is 443. The summed E-state index contributed by atoms with van der Waals surface area (Å²) in [7, 11) is 1.34. The van der Waals surface area contributed by atoms with Crippen molar-refractivity contribution >= 4 is 17.5 Å². The zero-order valence-electron chi connectivity index (χ0n) is 9.77. The predicted octanol–water partition coefficient (Wildman–Crippen LogP) is 2.35. The first-order chi connectivity index (χ1) is 8.04.